The molecule has 0 saturated heterocycles. The Morgan fingerprint density at radius 1 is 1.35 bits per heavy atom. The van der Waals surface area contributed by atoms with Gasteiger partial charge in [0, 0.05) is 36.8 Å². The van der Waals surface area contributed by atoms with Gasteiger partial charge in [0.15, 0.2) is 0 Å². The lowest BCUT2D eigenvalue weighted by Gasteiger charge is -2.31. The van der Waals surface area contributed by atoms with Crippen LogP contribution in [0.5, 0.6) is 0 Å². The normalized spacial score (nSPS) is 23.3. The number of hydrogen-bond donors (Lipinski definition) is 3. The van der Waals surface area contributed by atoms with Gasteiger partial charge in [0.2, 0.25) is 0 Å². The van der Waals surface area contributed by atoms with Crippen molar-refractivity contribution in [2.24, 2.45) is 5.73 Å². The highest BCUT2D eigenvalue weighted by Crippen LogP contribution is 2.29. The van der Waals surface area contributed by atoms with Crippen molar-refractivity contribution in [3.8, 4) is 0 Å². The summed E-state index contributed by atoms with van der Waals surface area (Å²) in [4.78, 5) is 27.2. The zero-order valence-corrected chi connectivity index (χ0v) is 16.0. The third-order valence-electron chi connectivity index (χ3n) is 4.83. The highest BCUT2D eigenvalue weighted by molar-refractivity contribution is 8.04. The SMILES string of the molecule is Cl.N[C@@H]1CCCC[C@@H]1NC(=O)C1=CN(c2ncnc3[nH]ccc23)CCS1. The highest BCUT2D eigenvalue weighted by Gasteiger charge is 2.26. The van der Waals surface area contributed by atoms with Crippen LogP contribution in [0.25, 0.3) is 11.0 Å². The predicted molar refractivity (Wildman–Crippen MR) is 107 cm³/mol. The van der Waals surface area contributed by atoms with Crippen LogP contribution in [-0.4, -0.2) is 45.2 Å². The predicted octanol–water partition coefficient (Wildman–Crippen LogP) is 2.16. The van der Waals surface area contributed by atoms with Gasteiger partial charge in [0.1, 0.15) is 17.8 Å². The van der Waals surface area contributed by atoms with Crippen molar-refractivity contribution in [2.45, 2.75) is 37.8 Å². The Morgan fingerprint density at radius 3 is 3.04 bits per heavy atom. The van der Waals surface area contributed by atoms with Crippen molar-refractivity contribution in [2.75, 3.05) is 17.2 Å². The van der Waals surface area contributed by atoms with Crippen molar-refractivity contribution in [3.63, 3.8) is 0 Å². The highest BCUT2D eigenvalue weighted by atomic mass is 35.5. The van der Waals surface area contributed by atoms with Crippen LogP contribution in [-0.2, 0) is 4.79 Å². The summed E-state index contributed by atoms with van der Waals surface area (Å²) in [6.07, 6.45) is 9.52. The fraction of sp³-hybridized carbons (Fsp3) is 0.471. The number of H-pyrrole nitrogens is 1. The smallest absolute Gasteiger partial charge is 0.259 e. The first-order chi connectivity index (χ1) is 12.2. The summed E-state index contributed by atoms with van der Waals surface area (Å²) >= 11 is 1.58. The molecule has 4 rings (SSSR count). The number of nitrogens with two attached hydrogens (primary N) is 1. The summed E-state index contributed by atoms with van der Waals surface area (Å²) < 4.78 is 0. The second-order valence-corrected chi connectivity index (χ2v) is 7.64. The molecule has 0 aromatic carbocycles. The van der Waals surface area contributed by atoms with Gasteiger partial charge in [-0.25, -0.2) is 9.97 Å². The van der Waals surface area contributed by atoms with Gasteiger partial charge in [-0.15, -0.1) is 24.2 Å². The van der Waals surface area contributed by atoms with Crippen molar-refractivity contribution in [3.05, 3.63) is 29.7 Å². The first-order valence-electron chi connectivity index (χ1n) is 8.68. The van der Waals surface area contributed by atoms with E-state index in [1.54, 1.807) is 18.1 Å². The standard InChI is InChI=1S/C17H22N6OS.ClH/c18-12-3-1-2-4-13(12)22-17(24)14-9-23(7-8-25-14)16-11-5-6-19-15(11)20-10-21-16;/h5-6,9-10,12-13H,1-4,7-8,18H2,(H,22,24)(H,19,20,21);1H/t12-,13+;/m1./s1. The minimum atomic E-state index is -0.0311. The van der Waals surface area contributed by atoms with E-state index < -0.39 is 0 Å². The molecule has 1 fully saturated rings. The zero-order chi connectivity index (χ0) is 17.2. The van der Waals surface area contributed by atoms with Crippen molar-refractivity contribution in [1.82, 2.24) is 20.3 Å². The monoisotopic (exact) mass is 394 g/mol. The van der Waals surface area contributed by atoms with E-state index in [9.17, 15) is 4.79 Å². The minimum absolute atomic E-state index is 0. The van der Waals surface area contributed by atoms with Crippen molar-refractivity contribution in [1.29, 1.82) is 0 Å². The number of aromatic nitrogens is 3. The number of carbonyl (C=O) groups excluding carboxylic acids is 1. The molecule has 1 aliphatic carbocycles. The molecule has 7 nitrogen and oxygen atoms in total. The fourth-order valence-electron chi connectivity index (χ4n) is 3.45. The molecule has 1 aliphatic heterocycles. The van der Waals surface area contributed by atoms with E-state index in [0.29, 0.717) is 4.91 Å². The Kier molecular flexibility index (Phi) is 6.05. The summed E-state index contributed by atoms with van der Waals surface area (Å²) in [5.41, 5.74) is 6.96. The minimum Gasteiger partial charge on any atom is -0.347 e. The van der Waals surface area contributed by atoms with Gasteiger partial charge in [-0.2, -0.15) is 0 Å². The molecule has 2 aromatic heterocycles. The Balaban J connectivity index is 0.00000196. The van der Waals surface area contributed by atoms with Crippen molar-refractivity contribution >= 4 is 46.9 Å². The molecule has 1 amide bonds. The number of carbonyl (C=O) groups is 1. The number of halogens is 1. The summed E-state index contributed by atoms with van der Waals surface area (Å²) in [6, 6.07) is 2.10. The second-order valence-electron chi connectivity index (χ2n) is 6.50. The molecule has 26 heavy (non-hydrogen) atoms. The quantitative estimate of drug-likeness (QED) is 0.737. The Hall–Kier alpha value is -1.77. The topological polar surface area (TPSA) is 99.9 Å². The van der Waals surface area contributed by atoms with Gasteiger partial charge in [0.25, 0.3) is 5.91 Å². The molecule has 3 heterocycles. The molecule has 0 radical (unpaired) electrons. The molecule has 0 bridgehead atoms. The zero-order valence-electron chi connectivity index (χ0n) is 14.4. The average Bonchev–Trinajstić information content (AvgIpc) is 3.12. The van der Waals surface area contributed by atoms with Crippen LogP contribution in [0.2, 0.25) is 0 Å². The lowest BCUT2D eigenvalue weighted by Crippen LogP contribution is -2.49. The van der Waals surface area contributed by atoms with Crippen LogP contribution in [0.3, 0.4) is 0 Å². The Labute approximate surface area is 162 Å². The molecule has 1 saturated carbocycles. The average molecular weight is 395 g/mol. The molecule has 140 valence electrons. The summed E-state index contributed by atoms with van der Waals surface area (Å²) in [5, 5.41) is 4.08. The maximum atomic E-state index is 12.7. The van der Waals surface area contributed by atoms with Crippen LogP contribution in [0, 0.1) is 0 Å². The van der Waals surface area contributed by atoms with E-state index in [-0.39, 0.29) is 30.4 Å². The van der Waals surface area contributed by atoms with Gasteiger partial charge in [-0.1, -0.05) is 12.8 Å². The summed E-state index contributed by atoms with van der Waals surface area (Å²) in [5.74, 6) is 1.63. The van der Waals surface area contributed by atoms with Crippen LogP contribution in [0.4, 0.5) is 5.82 Å². The molecule has 9 heteroatoms. The lowest BCUT2D eigenvalue weighted by molar-refractivity contribution is -0.117. The summed E-state index contributed by atoms with van der Waals surface area (Å²) in [7, 11) is 0. The number of hydrogen-bond acceptors (Lipinski definition) is 6. The van der Waals surface area contributed by atoms with E-state index in [1.807, 2.05) is 23.4 Å². The number of rotatable bonds is 3. The van der Waals surface area contributed by atoms with E-state index >= 15 is 0 Å². The number of anilines is 1. The van der Waals surface area contributed by atoms with Crippen LogP contribution < -0.4 is 16.0 Å². The number of nitrogens with one attached hydrogen (secondary N) is 2. The van der Waals surface area contributed by atoms with Gasteiger partial charge in [0.05, 0.1) is 10.3 Å². The molecule has 0 spiro atoms. The maximum absolute atomic E-state index is 12.7. The largest absolute Gasteiger partial charge is 0.347 e. The number of aromatic amines is 1. The lowest BCUT2D eigenvalue weighted by atomic mass is 9.91. The molecular formula is C17H23ClN6OS. The number of nitrogens with zero attached hydrogens (tertiary/aromatic N) is 3. The number of thioether (sulfide) groups is 1. The Morgan fingerprint density at radius 2 is 2.19 bits per heavy atom. The molecular weight excluding hydrogens is 372 g/mol. The third kappa shape index (κ3) is 3.82. The molecule has 2 aliphatic rings. The van der Waals surface area contributed by atoms with E-state index in [4.69, 9.17) is 5.73 Å². The summed E-state index contributed by atoms with van der Waals surface area (Å²) in [6.45, 7) is 0.807. The molecule has 4 N–H and O–H groups in total. The van der Waals surface area contributed by atoms with Gasteiger partial charge in [-0.05, 0) is 18.9 Å². The Bertz CT molecular complexity index is 809. The van der Waals surface area contributed by atoms with Crippen LogP contribution >= 0.6 is 24.2 Å². The van der Waals surface area contributed by atoms with Gasteiger partial charge in [-0.3, -0.25) is 4.79 Å². The molecule has 2 aromatic rings. The van der Waals surface area contributed by atoms with Crippen molar-refractivity contribution < 1.29 is 4.79 Å². The van der Waals surface area contributed by atoms with E-state index in [1.165, 1.54) is 0 Å². The van der Waals surface area contributed by atoms with Gasteiger partial charge >= 0.3 is 0 Å². The first-order valence-corrected chi connectivity index (χ1v) is 9.67. The van der Waals surface area contributed by atoms with E-state index in [0.717, 1.165) is 54.8 Å². The third-order valence-corrected chi connectivity index (χ3v) is 5.82. The second kappa shape index (κ2) is 8.28. The van der Waals surface area contributed by atoms with Crippen LogP contribution in [0.15, 0.2) is 29.7 Å². The first kappa shape index (κ1) is 19.0. The van der Waals surface area contributed by atoms with Crippen LogP contribution in [0.1, 0.15) is 25.7 Å². The maximum Gasteiger partial charge on any atom is 0.259 e. The molecule has 0 unspecified atom stereocenters. The fourth-order valence-corrected chi connectivity index (χ4v) is 4.35. The van der Waals surface area contributed by atoms with Gasteiger partial charge < -0.3 is 20.9 Å². The molecule has 2 atom stereocenters. The number of fused-ring (bicyclic) bond motifs is 1. The number of amides is 1. The van der Waals surface area contributed by atoms with E-state index in [2.05, 4.69) is 20.3 Å².